The van der Waals surface area contributed by atoms with E-state index in [-0.39, 0.29) is 24.8 Å². The van der Waals surface area contributed by atoms with Crippen LogP contribution in [-0.4, -0.2) is 3.21 Å². The van der Waals surface area contributed by atoms with E-state index in [2.05, 4.69) is 55.5 Å². The minimum atomic E-state index is 0. The third kappa shape index (κ3) is 7.25. The molecule has 0 atom stereocenters. The first-order valence-corrected chi connectivity index (χ1v) is 10.8. The Hall–Kier alpha value is -0.747. The quantitative estimate of drug-likeness (QED) is 0.401. The molecule has 3 aliphatic carbocycles. The minimum absolute atomic E-state index is 0. The predicted molar refractivity (Wildman–Crippen MR) is 108 cm³/mol. The van der Waals surface area contributed by atoms with E-state index < -0.39 is 0 Å². The molecular weight excluding hydrogens is 462 g/mol. The Balaban J connectivity index is 0.000000237. The van der Waals surface area contributed by atoms with Crippen molar-refractivity contribution >= 4 is 3.21 Å². The second kappa shape index (κ2) is 13.5. The topological polar surface area (TPSA) is 0 Å². The molecule has 5 rings (SSSR count). The SMILES string of the molecule is Cc1cc[c-]c2c1-c1ccccc1C2.[C-]1=CC=CC1.[Cl-].[Cl-].[Zr+2]=[C]1CCCCC1. The van der Waals surface area contributed by atoms with Gasteiger partial charge in [-0.15, -0.1) is 17.5 Å². The van der Waals surface area contributed by atoms with Crippen LogP contribution in [0.3, 0.4) is 0 Å². The molecule has 0 bridgehead atoms. The fraction of sp³-hybridized carbons (Fsp3) is 0.320. The van der Waals surface area contributed by atoms with Crippen LogP contribution in [0.5, 0.6) is 0 Å². The van der Waals surface area contributed by atoms with Crippen molar-refractivity contribution in [3.8, 4) is 11.1 Å². The van der Waals surface area contributed by atoms with Crippen LogP contribution in [0.2, 0.25) is 0 Å². The summed E-state index contributed by atoms with van der Waals surface area (Å²) in [6.07, 6.45) is 18.4. The van der Waals surface area contributed by atoms with Gasteiger partial charge in [0.15, 0.2) is 0 Å². The Morgan fingerprint density at radius 2 is 1.71 bits per heavy atom. The van der Waals surface area contributed by atoms with E-state index in [4.69, 9.17) is 0 Å². The van der Waals surface area contributed by atoms with E-state index in [0.29, 0.717) is 0 Å². The number of allylic oxidation sites excluding steroid dienone is 4. The summed E-state index contributed by atoms with van der Waals surface area (Å²) < 4.78 is 1.80. The van der Waals surface area contributed by atoms with E-state index in [0.717, 1.165) is 12.8 Å². The van der Waals surface area contributed by atoms with Gasteiger partial charge in [0.1, 0.15) is 0 Å². The molecule has 0 N–H and O–H groups in total. The molecule has 2 aromatic carbocycles. The number of fused-ring (bicyclic) bond motifs is 3. The first kappa shape index (κ1) is 25.3. The number of halogens is 2. The summed E-state index contributed by atoms with van der Waals surface area (Å²) in [6.45, 7) is 2.18. The van der Waals surface area contributed by atoms with Gasteiger partial charge in [0.25, 0.3) is 0 Å². The molecule has 0 aliphatic heterocycles. The Morgan fingerprint density at radius 1 is 0.964 bits per heavy atom. The molecule has 0 aromatic heterocycles. The Bertz CT molecular complexity index is 803. The molecule has 3 heteroatoms. The van der Waals surface area contributed by atoms with Crippen LogP contribution >= 0.6 is 0 Å². The average Bonchev–Trinajstić information content (AvgIpc) is 3.35. The molecule has 2 aromatic rings. The van der Waals surface area contributed by atoms with E-state index in [1.165, 1.54) is 59.9 Å². The van der Waals surface area contributed by atoms with Crippen molar-refractivity contribution in [3.05, 3.63) is 83.5 Å². The third-order valence-electron chi connectivity index (χ3n) is 4.98. The van der Waals surface area contributed by atoms with Crippen LogP contribution in [0.15, 0.2) is 54.6 Å². The molecule has 146 valence electrons. The maximum absolute atomic E-state index is 3.34. The molecule has 0 radical (unpaired) electrons. The predicted octanol–water partition coefficient (Wildman–Crippen LogP) is 0.350. The first-order valence-electron chi connectivity index (χ1n) is 9.62. The molecule has 0 amide bonds. The number of aryl methyl sites for hydroxylation is 1. The summed E-state index contributed by atoms with van der Waals surface area (Å²) in [4.78, 5) is 0. The van der Waals surface area contributed by atoms with Gasteiger partial charge in [-0.3, -0.25) is 6.08 Å². The van der Waals surface area contributed by atoms with Crippen molar-refractivity contribution < 1.29 is 49.0 Å². The second-order valence-corrected chi connectivity index (χ2v) is 8.75. The van der Waals surface area contributed by atoms with Crippen molar-refractivity contribution in [3.63, 3.8) is 0 Å². The van der Waals surface area contributed by atoms with Crippen LogP contribution < -0.4 is 24.8 Å². The van der Waals surface area contributed by atoms with Gasteiger partial charge in [-0.1, -0.05) is 42.3 Å². The van der Waals surface area contributed by atoms with Crippen molar-refractivity contribution in [1.82, 2.24) is 0 Å². The van der Waals surface area contributed by atoms with E-state index >= 15 is 0 Å². The van der Waals surface area contributed by atoms with Crippen molar-refractivity contribution in [1.29, 1.82) is 0 Å². The number of hydrogen-bond acceptors (Lipinski definition) is 0. The zero-order chi connectivity index (χ0) is 18.2. The van der Waals surface area contributed by atoms with Gasteiger partial charge in [-0.25, -0.2) is 12.2 Å². The molecule has 1 saturated carbocycles. The zero-order valence-electron chi connectivity index (χ0n) is 16.4. The van der Waals surface area contributed by atoms with Crippen LogP contribution in [-0.2, 0) is 30.7 Å². The van der Waals surface area contributed by atoms with Crippen LogP contribution in [0.4, 0.5) is 0 Å². The Kier molecular flexibility index (Phi) is 12.2. The average molecular weight is 489 g/mol. The van der Waals surface area contributed by atoms with Gasteiger partial charge in [0, 0.05) is 0 Å². The van der Waals surface area contributed by atoms with Crippen LogP contribution in [0, 0.1) is 19.1 Å². The molecule has 0 unspecified atom stereocenters. The standard InChI is InChI=1S/C14H11.C6H10.C5H5.2ClH.Zr/c1-10-5-4-7-12-9-11-6-2-3-8-13(11)14(10)12;1-2-4-6-5-3-1;1-2-4-5-3-1;;;/h2-6,8H,9H2,1H3;1-5H2;1-3H,4H2;2*1H;/q-1;;-1;;;+2/p-2. The Labute approximate surface area is 197 Å². The number of rotatable bonds is 0. The number of benzene rings is 2. The van der Waals surface area contributed by atoms with Crippen molar-refractivity contribution in [2.75, 3.05) is 0 Å². The molecular formula is C25H26Cl2Zr-2. The molecule has 0 nitrogen and oxygen atoms in total. The second-order valence-electron chi connectivity index (χ2n) is 7.02. The summed E-state index contributed by atoms with van der Waals surface area (Å²) in [5.74, 6) is 0. The summed E-state index contributed by atoms with van der Waals surface area (Å²) in [5, 5.41) is 0. The molecule has 0 saturated heterocycles. The number of hydrogen-bond donors (Lipinski definition) is 0. The molecule has 28 heavy (non-hydrogen) atoms. The molecule has 3 aliphatic rings. The van der Waals surface area contributed by atoms with E-state index in [9.17, 15) is 0 Å². The van der Waals surface area contributed by atoms with Gasteiger partial charge in [-0.2, -0.15) is 29.8 Å². The van der Waals surface area contributed by atoms with Crippen molar-refractivity contribution in [2.45, 2.75) is 51.9 Å². The van der Waals surface area contributed by atoms with Gasteiger partial charge in [0.05, 0.1) is 0 Å². The zero-order valence-corrected chi connectivity index (χ0v) is 20.4. The normalized spacial score (nSPS) is 15.0. The summed E-state index contributed by atoms with van der Waals surface area (Å²) >= 11 is 1.69. The fourth-order valence-electron chi connectivity index (χ4n) is 3.60. The summed E-state index contributed by atoms with van der Waals surface area (Å²) in [5.41, 5.74) is 6.96. The van der Waals surface area contributed by atoms with Gasteiger partial charge in [0.2, 0.25) is 0 Å². The van der Waals surface area contributed by atoms with Gasteiger partial charge in [-0.05, 0) is 6.42 Å². The Morgan fingerprint density at radius 3 is 2.29 bits per heavy atom. The van der Waals surface area contributed by atoms with Crippen molar-refractivity contribution in [2.24, 2.45) is 0 Å². The first-order chi connectivity index (χ1) is 12.8. The van der Waals surface area contributed by atoms with Crippen LogP contribution in [0.25, 0.3) is 11.1 Å². The fourth-order valence-corrected chi connectivity index (χ4v) is 4.47. The van der Waals surface area contributed by atoms with Gasteiger partial charge >= 0.3 is 59.5 Å². The van der Waals surface area contributed by atoms with Gasteiger partial charge < -0.3 is 24.8 Å². The molecule has 1 fully saturated rings. The monoisotopic (exact) mass is 486 g/mol. The summed E-state index contributed by atoms with van der Waals surface area (Å²) in [6, 6.07) is 16.1. The summed E-state index contributed by atoms with van der Waals surface area (Å²) in [7, 11) is 0. The maximum atomic E-state index is 3.34. The van der Waals surface area contributed by atoms with E-state index in [1.54, 1.807) is 27.4 Å². The molecule has 0 heterocycles. The third-order valence-corrected chi connectivity index (χ3v) is 6.21. The molecule has 0 spiro atoms. The van der Waals surface area contributed by atoms with E-state index in [1.807, 2.05) is 18.2 Å². The van der Waals surface area contributed by atoms with Crippen LogP contribution in [0.1, 0.15) is 55.2 Å².